The molecule has 0 radical (unpaired) electrons. The van der Waals surface area contributed by atoms with E-state index in [1.807, 2.05) is 42.5 Å². The van der Waals surface area contributed by atoms with E-state index >= 15 is 0 Å². The van der Waals surface area contributed by atoms with Crippen LogP contribution >= 0.6 is 0 Å². The molecule has 4 rings (SSSR count). The minimum atomic E-state index is -0.0445. The Hall–Kier alpha value is -2.66. The minimum Gasteiger partial charge on any atom is -0.378 e. The predicted octanol–water partition coefficient (Wildman–Crippen LogP) is 3.93. The molecule has 1 saturated heterocycles. The van der Waals surface area contributed by atoms with Gasteiger partial charge >= 0.3 is 0 Å². The van der Waals surface area contributed by atoms with E-state index in [1.165, 1.54) is 12.8 Å². The number of carbonyl (C=O) groups excluding carboxylic acids is 2. The Kier molecular flexibility index (Phi) is 5.72. The van der Waals surface area contributed by atoms with Crippen molar-refractivity contribution in [2.45, 2.75) is 44.6 Å². The summed E-state index contributed by atoms with van der Waals surface area (Å²) in [6, 6.07) is 13.6. The van der Waals surface area contributed by atoms with E-state index in [0.717, 1.165) is 48.2 Å². The zero-order valence-electron chi connectivity index (χ0n) is 16.0. The van der Waals surface area contributed by atoms with E-state index in [4.69, 9.17) is 4.74 Å². The van der Waals surface area contributed by atoms with Crippen LogP contribution in [0.5, 0.6) is 0 Å². The number of amides is 2. The second-order valence-corrected chi connectivity index (χ2v) is 7.56. The second kappa shape index (κ2) is 8.57. The average Bonchev–Trinajstić information content (AvgIpc) is 3.35. The van der Waals surface area contributed by atoms with Crippen LogP contribution in [0.15, 0.2) is 42.5 Å². The topological polar surface area (TPSA) is 67.4 Å². The summed E-state index contributed by atoms with van der Waals surface area (Å²) >= 11 is 0. The van der Waals surface area contributed by atoms with Crippen molar-refractivity contribution in [1.29, 1.82) is 0 Å². The Morgan fingerprint density at radius 1 is 1.14 bits per heavy atom. The number of benzene rings is 2. The molecule has 2 N–H and O–H groups in total. The van der Waals surface area contributed by atoms with Crippen molar-refractivity contribution in [3.05, 3.63) is 53.6 Å². The van der Waals surface area contributed by atoms with E-state index in [9.17, 15) is 9.59 Å². The molecule has 0 spiro atoms. The van der Waals surface area contributed by atoms with Crippen LogP contribution in [0.3, 0.4) is 0 Å². The molecule has 2 aliphatic heterocycles. The minimum absolute atomic E-state index is 0.0276. The summed E-state index contributed by atoms with van der Waals surface area (Å²) < 4.78 is 5.63. The molecule has 5 heteroatoms. The lowest BCUT2D eigenvalue weighted by atomic mass is 10.00. The smallest absolute Gasteiger partial charge is 0.251 e. The number of anilines is 1. The summed E-state index contributed by atoms with van der Waals surface area (Å²) in [5.74, 6) is -0.0169. The number of fused-ring (bicyclic) bond motifs is 1. The van der Waals surface area contributed by atoms with Gasteiger partial charge < -0.3 is 15.4 Å². The first-order valence-electron chi connectivity index (χ1n) is 10.1. The van der Waals surface area contributed by atoms with E-state index in [2.05, 4.69) is 10.6 Å². The third-order valence-electron chi connectivity index (χ3n) is 5.45. The van der Waals surface area contributed by atoms with Crippen LogP contribution in [0.2, 0.25) is 0 Å². The summed E-state index contributed by atoms with van der Waals surface area (Å²) in [7, 11) is 0. The molecule has 0 saturated carbocycles. The Morgan fingerprint density at radius 2 is 2.04 bits per heavy atom. The van der Waals surface area contributed by atoms with Gasteiger partial charge in [0.1, 0.15) is 0 Å². The lowest BCUT2D eigenvalue weighted by Gasteiger charge is -2.10. The highest BCUT2D eigenvalue weighted by Gasteiger charge is 2.18. The molecule has 0 aromatic heterocycles. The Labute approximate surface area is 165 Å². The summed E-state index contributed by atoms with van der Waals surface area (Å²) in [6.07, 6.45) is 6.31. The molecule has 2 aromatic carbocycles. The lowest BCUT2D eigenvalue weighted by Crippen LogP contribution is -2.24. The van der Waals surface area contributed by atoms with Crippen LogP contribution in [0.4, 0.5) is 5.69 Å². The van der Waals surface area contributed by atoms with Gasteiger partial charge in [0.05, 0.1) is 12.5 Å². The highest BCUT2D eigenvalue weighted by molar-refractivity contribution is 6.00. The fourth-order valence-electron chi connectivity index (χ4n) is 3.92. The van der Waals surface area contributed by atoms with Gasteiger partial charge in [-0.3, -0.25) is 9.59 Å². The van der Waals surface area contributed by atoms with Crippen LogP contribution in [0.25, 0.3) is 11.1 Å². The van der Waals surface area contributed by atoms with Crippen molar-refractivity contribution in [3.8, 4) is 11.1 Å². The van der Waals surface area contributed by atoms with Gasteiger partial charge in [0, 0.05) is 24.4 Å². The fourth-order valence-corrected chi connectivity index (χ4v) is 3.92. The largest absolute Gasteiger partial charge is 0.378 e. The number of hydrogen-bond donors (Lipinski definition) is 2. The van der Waals surface area contributed by atoms with Crippen LogP contribution in [-0.2, 0) is 16.0 Å². The normalized spacial score (nSPS) is 18.0. The van der Waals surface area contributed by atoms with E-state index in [1.54, 1.807) is 0 Å². The monoisotopic (exact) mass is 378 g/mol. The number of carbonyl (C=O) groups is 2. The lowest BCUT2D eigenvalue weighted by molar-refractivity contribution is -0.115. The average molecular weight is 378 g/mol. The fraction of sp³-hybridized carbons (Fsp3) is 0.391. The molecule has 2 aliphatic rings. The summed E-state index contributed by atoms with van der Waals surface area (Å²) in [5.41, 5.74) is 4.54. The maximum Gasteiger partial charge on any atom is 0.251 e. The molecule has 0 bridgehead atoms. The van der Waals surface area contributed by atoms with Crippen molar-refractivity contribution < 1.29 is 14.3 Å². The highest BCUT2D eigenvalue weighted by atomic mass is 16.5. The summed E-state index contributed by atoms with van der Waals surface area (Å²) in [4.78, 5) is 24.0. The van der Waals surface area contributed by atoms with Crippen molar-refractivity contribution in [2.75, 3.05) is 18.5 Å². The van der Waals surface area contributed by atoms with Gasteiger partial charge in [-0.1, -0.05) is 18.2 Å². The van der Waals surface area contributed by atoms with Crippen molar-refractivity contribution in [2.24, 2.45) is 0 Å². The number of nitrogens with one attached hydrogen (secondary N) is 2. The van der Waals surface area contributed by atoms with Crippen LogP contribution in [0.1, 0.15) is 48.0 Å². The molecule has 1 atom stereocenters. The number of rotatable bonds is 7. The zero-order valence-corrected chi connectivity index (χ0v) is 16.0. The molecule has 2 aromatic rings. The zero-order chi connectivity index (χ0) is 19.3. The van der Waals surface area contributed by atoms with Gasteiger partial charge in [0.2, 0.25) is 5.91 Å². The molecule has 1 unspecified atom stereocenters. The van der Waals surface area contributed by atoms with Crippen molar-refractivity contribution >= 4 is 17.5 Å². The number of hydrogen-bond acceptors (Lipinski definition) is 3. The summed E-state index contributed by atoms with van der Waals surface area (Å²) in [6.45, 7) is 1.58. The molecular formula is C23H26N2O3. The first-order valence-corrected chi connectivity index (χ1v) is 10.1. The second-order valence-electron chi connectivity index (χ2n) is 7.56. The van der Waals surface area contributed by atoms with E-state index < -0.39 is 0 Å². The first-order chi connectivity index (χ1) is 13.7. The molecule has 5 nitrogen and oxygen atoms in total. The third-order valence-corrected chi connectivity index (χ3v) is 5.45. The van der Waals surface area contributed by atoms with Crippen LogP contribution in [0, 0.1) is 0 Å². The summed E-state index contributed by atoms with van der Waals surface area (Å²) in [5, 5.41) is 5.86. The van der Waals surface area contributed by atoms with Gasteiger partial charge in [-0.2, -0.15) is 0 Å². The molecule has 0 aliphatic carbocycles. The SMILES string of the molecule is O=C1Cc2cc(-c3cccc(C(=O)NCCCCC4CCCO4)c3)ccc2N1. The van der Waals surface area contributed by atoms with Gasteiger partial charge in [-0.05, 0) is 73.1 Å². The van der Waals surface area contributed by atoms with Crippen LogP contribution in [-0.4, -0.2) is 31.1 Å². The molecule has 28 heavy (non-hydrogen) atoms. The van der Waals surface area contributed by atoms with Gasteiger partial charge in [-0.25, -0.2) is 0 Å². The number of ether oxygens (including phenoxy) is 1. The molecule has 146 valence electrons. The molecule has 2 heterocycles. The van der Waals surface area contributed by atoms with Gasteiger partial charge in [0.15, 0.2) is 0 Å². The van der Waals surface area contributed by atoms with E-state index in [-0.39, 0.29) is 11.8 Å². The van der Waals surface area contributed by atoms with Gasteiger partial charge in [-0.15, -0.1) is 0 Å². The maximum absolute atomic E-state index is 12.5. The van der Waals surface area contributed by atoms with E-state index in [0.29, 0.717) is 24.6 Å². The first kappa shape index (κ1) is 18.7. The van der Waals surface area contributed by atoms with Gasteiger partial charge in [0.25, 0.3) is 5.91 Å². The quantitative estimate of drug-likeness (QED) is 0.718. The highest BCUT2D eigenvalue weighted by Crippen LogP contribution is 2.29. The Bertz CT molecular complexity index is 872. The van der Waals surface area contributed by atoms with Crippen molar-refractivity contribution in [1.82, 2.24) is 5.32 Å². The Balaban J connectivity index is 1.32. The molecular weight excluding hydrogens is 352 g/mol. The standard InChI is InChI=1S/C23H26N2O3/c26-22-15-19-14-17(9-10-21(19)25-22)16-5-3-6-18(13-16)23(27)24-11-2-1-7-20-8-4-12-28-20/h3,5-6,9-10,13-14,20H,1-2,4,7-8,11-12,15H2,(H,24,27)(H,25,26). The number of unbranched alkanes of at least 4 members (excludes halogenated alkanes) is 1. The Morgan fingerprint density at radius 3 is 2.89 bits per heavy atom. The third kappa shape index (κ3) is 4.42. The molecule has 1 fully saturated rings. The maximum atomic E-state index is 12.5. The predicted molar refractivity (Wildman–Crippen MR) is 109 cm³/mol. The van der Waals surface area contributed by atoms with Crippen molar-refractivity contribution in [3.63, 3.8) is 0 Å². The van der Waals surface area contributed by atoms with Crippen LogP contribution < -0.4 is 10.6 Å². The molecule has 2 amide bonds.